The molecule has 6 heteroatoms. The maximum atomic E-state index is 12.5. The molecule has 1 unspecified atom stereocenters. The van der Waals surface area contributed by atoms with Gasteiger partial charge in [-0.15, -0.1) is 0 Å². The predicted molar refractivity (Wildman–Crippen MR) is 96.6 cm³/mol. The average molecular weight is 352 g/mol. The summed E-state index contributed by atoms with van der Waals surface area (Å²) in [6, 6.07) is 14.2. The van der Waals surface area contributed by atoms with E-state index < -0.39 is 6.10 Å². The van der Waals surface area contributed by atoms with Crippen LogP contribution >= 0.6 is 0 Å². The number of benzene rings is 2. The van der Waals surface area contributed by atoms with E-state index in [1.165, 1.54) is 7.11 Å². The Kier molecular flexibility index (Phi) is 5.34. The number of nitrogens with zero attached hydrogens (tertiary/aromatic N) is 2. The molecule has 1 N–H and O–H groups in total. The first kappa shape index (κ1) is 17.7. The lowest BCUT2D eigenvalue weighted by molar-refractivity contribution is 0.0967. The lowest BCUT2D eigenvalue weighted by Crippen LogP contribution is -2.16. The van der Waals surface area contributed by atoms with Crippen LogP contribution in [-0.4, -0.2) is 34.7 Å². The topological polar surface area (TPSA) is 73.6 Å². The van der Waals surface area contributed by atoms with Crippen LogP contribution < -0.4 is 9.47 Å². The van der Waals surface area contributed by atoms with Gasteiger partial charge in [-0.2, -0.15) is 0 Å². The van der Waals surface area contributed by atoms with Gasteiger partial charge in [0.05, 0.1) is 20.8 Å². The number of imidazole rings is 1. The monoisotopic (exact) mass is 352 g/mol. The average Bonchev–Trinajstić information content (AvgIpc) is 3.15. The third-order valence-electron chi connectivity index (χ3n) is 4.14. The molecule has 0 fully saturated rings. The summed E-state index contributed by atoms with van der Waals surface area (Å²) in [5.41, 5.74) is 1.16. The molecule has 0 radical (unpaired) electrons. The molecule has 3 rings (SSSR count). The lowest BCUT2D eigenvalue weighted by atomic mass is 10.1. The molecule has 1 heterocycles. The smallest absolute Gasteiger partial charge is 0.182 e. The number of ether oxygens (including phenoxy) is 2. The minimum absolute atomic E-state index is 0.0567. The number of Topliss-reactive ketones (excluding diaryl/α,β-unsaturated/α-hetero) is 1. The first-order valence-corrected chi connectivity index (χ1v) is 8.13. The Morgan fingerprint density at radius 3 is 2.62 bits per heavy atom. The molecule has 0 saturated carbocycles. The van der Waals surface area contributed by atoms with Crippen LogP contribution in [0.4, 0.5) is 0 Å². The van der Waals surface area contributed by atoms with Crippen molar-refractivity contribution in [1.29, 1.82) is 0 Å². The number of carbonyl (C=O) groups is 1. The lowest BCUT2D eigenvalue weighted by Gasteiger charge is -2.17. The summed E-state index contributed by atoms with van der Waals surface area (Å²) in [5, 5.41) is 10.8. The number of hydrogen-bond donors (Lipinski definition) is 1. The van der Waals surface area contributed by atoms with E-state index in [2.05, 4.69) is 4.98 Å². The summed E-state index contributed by atoms with van der Waals surface area (Å²) in [5.74, 6) is 1.43. The second kappa shape index (κ2) is 7.84. The molecule has 0 aliphatic heterocycles. The van der Waals surface area contributed by atoms with Crippen LogP contribution in [0.3, 0.4) is 0 Å². The van der Waals surface area contributed by atoms with E-state index in [-0.39, 0.29) is 12.3 Å². The van der Waals surface area contributed by atoms with Crippen molar-refractivity contribution in [2.75, 3.05) is 14.2 Å². The zero-order valence-corrected chi connectivity index (χ0v) is 14.6. The quantitative estimate of drug-likeness (QED) is 0.662. The Hall–Kier alpha value is -3.12. The van der Waals surface area contributed by atoms with E-state index in [1.807, 2.05) is 18.2 Å². The molecule has 0 amide bonds. The van der Waals surface area contributed by atoms with Gasteiger partial charge in [0.1, 0.15) is 23.4 Å². The summed E-state index contributed by atoms with van der Waals surface area (Å²) in [6.07, 6.45) is 2.21. The molecule has 134 valence electrons. The predicted octanol–water partition coefficient (Wildman–Crippen LogP) is 2.86. The van der Waals surface area contributed by atoms with Crippen LogP contribution in [0.5, 0.6) is 11.5 Å². The number of aliphatic hydroxyl groups excluding tert-OH is 1. The zero-order chi connectivity index (χ0) is 18.5. The van der Waals surface area contributed by atoms with E-state index in [0.717, 1.165) is 0 Å². The van der Waals surface area contributed by atoms with Gasteiger partial charge in [-0.3, -0.25) is 4.79 Å². The summed E-state index contributed by atoms with van der Waals surface area (Å²) in [6.45, 7) is 0.0921. The standard InChI is InChI=1S/C20H20N2O4/c1-25-15-8-9-16(18(12-15)26-2)19(24)20-21-10-11-22(20)13-17(23)14-6-4-3-5-7-14/h3-12,19,24H,13H2,1-2H3. The molecular weight excluding hydrogens is 332 g/mol. The third-order valence-corrected chi connectivity index (χ3v) is 4.14. The van der Waals surface area contributed by atoms with Crippen molar-refractivity contribution in [3.63, 3.8) is 0 Å². The minimum Gasteiger partial charge on any atom is -0.497 e. The highest BCUT2D eigenvalue weighted by molar-refractivity contribution is 5.95. The van der Waals surface area contributed by atoms with Crippen LogP contribution in [-0.2, 0) is 6.54 Å². The Morgan fingerprint density at radius 1 is 1.15 bits per heavy atom. The van der Waals surface area contributed by atoms with Crippen molar-refractivity contribution in [2.45, 2.75) is 12.6 Å². The number of aromatic nitrogens is 2. The first-order valence-electron chi connectivity index (χ1n) is 8.13. The Bertz CT molecular complexity index is 890. The van der Waals surface area contributed by atoms with Gasteiger partial charge < -0.3 is 19.1 Å². The van der Waals surface area contributed by atoms with Crippen molar-refractivity contribution in [3.8, 4) is 11.5 Å². The van der Waals surface area contributed by atoms with Crippen LogP contribution in [0.15, 0.2) is 60.9 Å². The molecule has 0 spiro atoms. The van der Waals surface area contributed by atoms with Crippen LogP contribution in [0.25, 0.3) is 0 Å². The van der Waals surface area contributed by atoms with E-state index in [4.69, 9.17) is 9.47 Å². The molecule has 3 aromatic rings. The number of aliphatic hydroxyl groups is 1. The molecule has 0 aliphatic rings. The number of hydrogen-bond acceptors (Lipinski definition) is 5. The van der Waals surface area contributed by atoms with Gasteiger partial charge in [0.25, 0.3) is 0 Å². The van der Waals surface area contributed by atoms with Crippen LogP contribution in [0.2, 0.25) is 0 Å². The summed E-state index contributed by atoms with van der Waals surface area (Å²) < 4.78 is 12.2. The largest absolute Gasteiger partial charge is 0.497 e. The highest BCUT2D eigenvalue weighted by Crippen LogP contribution is 2.32. The Labute approximate surface area is 151 Å². The summed E-state index contributed by atoms with van der Waals surface area (Å²) in [4.78, 5) is 16.7. The Morgan fingerprint density at radius 2 is 1.92 bits per heavy atom. The SMILES string of the molecule is COc1ccc(C(O)c2nccn2CC(=O)c2ccccc2)c(OC)c1. The van der Waals surface area contributed by atoms with Gasteiger partial charge >= 0.3 is 0 Å². The molecule has 0 bridgehead atoms. The summed E-state index contributed by atoms with van der Waals surface area (Å²) in [7, 11) is 3.09. The van der Waals surface area contributed by atoms with Gasteiger partial charge in [-0.25, -0.2) is 4.98 Å². The molecule has 0 aliphatic carbocycles. The van der Waals surface area contributed by atoms with Gasteiger partial charge in [0.2, 0.25) is 0 Å². The zero-order valence-electron chi connectivity index (χ0n) is 14.6. The van der Waals surface area contributed by atoms with E-state index >= 15 is 0 Å². The fourth-order valence-electron chi connectivity index (χ4n) is 2.76. The highest BCUT2D eigenvalue weighted by Gasteiger charge is 2.21. The molecule has 1 aromatic heterocycles. The van der Waals surface area contributed by atoms with Gasteiger partial charge in [-0.05, 0) is 12.1 Å². The van der Waals surface area contributed by atoms with Crippen molar-refractivity contribution in [1.82, 2.24) is 9.55 Å². The van der Waals surface area contributed by atoms with Gasteiger partial charge in [0.15, 0.2) is 5.78 Å². The molecule has 6 nitrogen and oxygen atoms in total. The molecular formula is C20H20N2O4. The molecule has 26 heavy (non-hydrogen) atoms. The maximum absolute atomic E-state index is 12.5. The van der Waals surface area contributed by atoms with Crippen molar-refractivity contribution < 1.29 is 19.4 Å². The van der Waals surface area contributed by atoms with Gasteiger partial charge in [0, 0.05) is 29.6 Å². The normalized spacial score (nSPS) is 11.8. The molecule has 2 aromatic carbocycles. The maximum Gasteiger partial charge on any atom is 0.182 e. The number of carbonyl (C=O) groups excluding carboxylic acids is 1. The minimum atomic E-state index is -1.03. The van der Waals surface area contributed by atoms with Crippen molar-refractivity contribution in [3.05, 3.63) is 77.9 Å². The van der Waals surface area contributed by atoms with Crippen molar-refractivity contribution in [2.24, 2.45) is 0 Å². The van der Waals surface area contributed by atoms with Crippen LogP contribution in [0.1, 0.15) is 27.8 Å². The van der Waals surface area contributed by atoms with Crippen molar-refractivity contribution >= 4 is 5.78 Å². The van der Waals surface area contributed by atoms with Crippen LogP contribution in [0, 0.1) is 0 Å². The highest BCUT2D eigenvalue weighted by atomic mass is 16.5. The molecule has 1 atom stereocenters. The second-order valence-electron chi connectivity index (χ2n) is 5.71. The number of rotatable bonds is 7. The fraction of sp³-hybridized carbons (Fsp3) is 0.200. The number of methoxy groups -OCH3 is 2. The van der Waals surface area contributed by atoms with E-state index in [1.54, 1.807) is 54.4 Å². The first-order chi connectivity index (χ1) is 12.6. The summed E-state index contributed by atoms with van der Waals surface area (Å²) >= 11 is 0. The van der Waals surface area contributed by atoms with E-state index in [0.29, 0.717) is 28.5 Å². The molecule has 0 saturated heterocycles. The van der Waals surface area contributed by atoms with E-state index in [9.17, 15) is 9.90 Å². The third kappa shape index (κ3) is 3.60. The van der Waals surface area contributed by atoms with Gasteiger partial charge in [-0.1, -0.05) is 30.3 Å². The fourth-order valence-corrected chi connectivity index (χ4v) is 2.76. The second-order valence-corrected chi connectivity index (χ2v) is 5.71. The number of ketones is 1. The Balaban J connectivity index is 1.87.